The molecule has 2 nitrogen and oxygen atoms in total. The van der Waals surface area contributed by atoms with Crippen molar-refractivity contribution in [3.8, 4) is 0 Å². The van der Waals surface area contributed by atoms with E-state index in [2.05, 4.69) is 53.3 Å². The average Bonchev–Trinajstić information content (AvgIpc) is 2.45. The minimum Gasteiger partial charge on any atom is -0.356 e. The van der Waals surface area contributed by atoms with Crippen LogP contribution in [0.2, 0.25) is 0 Å². The van der Waals surface area contributed by atoms with Crippen LogP contribution < -0.4 is 5.32 Å². The molecular weight excluding hydrogens is 254 g/mol. The summed E-state index contributed by atoms with van der Waals surface area (Å²) >= 11 is 3.48. The van der Waals surface area contributed by atoms with E-state index in [1.54, 1.807) is 0 Å². The summed E-state index contributed by atoms with van der Waals surface area (Å²) in [7, 11) is 0. The van der Waals surface area contributed by atoms with Crippen molar-refractivity contribution in [1.82, 2.24) is 5.32 Å². The SMILES string of the molecule is CC1CNC(C)(Cc2cccc(Br)c2)O1. The zero-order valence-electron chi connectivity index (χ0n) is 9.09. The van der Waals surface area contributed by atoms with E-state index in [4.69, 9.17) is 4.74 Å². The highest BCUT2D eigenvalue weighted by molar-refractivity contribution is 9.10. The van der Waals surface area contributed by atoms with Crippen LogP contribution in [0, 0.1) is 0 Å². The molecule has 0 saturated carbocycles. The van der Waals surface area contributed by atoms with E-state index in [0.717, 1.165) is 17.4 Å². The van der Waals surface area contributed by atoms with Gasteiger partial charge in [-0.1, -0.05) is 28.1 Å². The lowest BCUT2D eigenvalue weighted by atomic mass is 10.0. The number of nitrogens with one attached hydrogen (secondary N) is 1. The molecule has 2 unspecified atom stereocenters. The average molecular weight is 270 g/mol. The highest BCUT2D eigenvalue weighted by atomic mass is 79.9. The number of rotatable bonds is 2. The largest absolute Gasteiger partial charge is 0.356 e. The van der Waals surface area contributed by atoms with Crippen LogP contribution in [0.25, 0.3) is 0 Å². The lowest BCUT2D eigenvalue weighted by molar-refractivity contribution is -0.0292. The normalized spacial score (nSPS) is 30.7. The summed E-state index contributed by atoms with van der Waals surface area (Å²) < 4.78 is 6.99. The Balaban J connectivity index is 2.08. The van der Waals surface area contributed by atoms with Gasteiger partial charge in [0.05, 0.1) is 6.10 Å². The molecule has 1 aliphatic heterocycles. The van der Waals surface area contributed by atoms with Crippen LogP contribution in [0.1, 0.15) is 19.4 Å². The van der Waals surface area contributed by atoms with E-state index in [1.807, 2.05) is 6.07 Å². The molecule has 1 aliphatic rings. The minimum absolute atomic E-state index is 0.208. The molecule has 0 bridgehead atoms. The highest BCUT2D eigenvalue weighted by Gasteiger charge is 2.33. The quantitative estimate of drug-likeness (QED) is 0.892. The molecule has 1 aromatic carbocycles. The molecule has 0 aliphatic carbocycles. The van der Waals surface area contributed by atoms with Crippen LogP contribution >= 0.6 is 15.9 Å². The second-order valence-corrected chi connectivity index (χ2v) is 5.26. The smallest absolute Gasteiger partial charge is 0.120 e. The Morgan fingerprint density at radius 1 is 1.60 bits per heavy atom. The number of benzene rings is 1. The Morgan fingerprint density at radius 2 is 2.40 bits per heavy atom. The second kappa shape index (κ2) is 4.24. The van der Waals surface area contributed by atoms with Gasteiger partial charge in [-0.2, -0.15) is 0 Å². The van der Waals surface area contributed by atoms with Crippen LogP contribution in [0.3, 0.4) is 0 Å². The van der Waals surface area contributed by atoms with E-state index >= 15 is 0 Å². The number of halogens is 1. The first-order chi connectivity index (χ1) is 7.07. The van der Waals surface area contributed by atoms with Gasteiger partial charge in [-0.25, -0.2) is 0 Å². The fourth-order valence-electron chi connectivity index (χ4n) is 2.03. The summed E-state index contributed by atoms with van der Waals surface area (Å²) in [6, 6.07) is 8.36. The van der Waals surface area contributed by atoms with Crippen molar-refractivity contribution >= 4 is 15.9 Å². The fraction of sp³-hybridized carbons (Fsp3) is 0.500. The predicted octanol–water partition coefficient (Wildman–Crippen LogP) is 2.72. The van der Waals surface area contributed by atoms with E-state index < -0.39 is 0 Å². The highest BCUT2D eigenvalue weighted by Crippen LogP contribution is 2.23. The number of ether oxygens (including phenoxy) is 1. The molecule has 1 fully saturated rings. The van der Waals surface area contributed by atoms with Gasteiger partial charge in [0.2, 0.25) is 0 Å². The van der Waals surface area contributed by atoms with Gasteiger partial charge in [-0.15, -0.1) is 0 Å². The van der Waals surface area contributed by atoms with Gasteiger partial charge < -0.3 is 4.74 Å². The Hall–Kier alpha value is -0.380. The maximum absolute atomic E-state index is 5.87. The van der Waals surface area contributed by atoms with E-state index in [1.165, 1.54) is 5.56 Å². The Bertz CT molecular complexity index is 355. The van der Waals surface area contributed by atoms with Crippen LogP contribution in [-0.4, -0.2) is 18.4 Å². The van der Waals surface area contributed by atoms with Gasteiger partial charge in [-0.05, 0) is 31.5 Å². The van der Waals surface area contributed by atoms with E-state index in [0.29, 0.717) is 6.10 Å². The van der Waals surface area contributed by atoms with Gasteiger partial charge in [-0.3, -0.25) is 5.32 Å². The third-order valence-corrected chi connectivity index (χ3v) is 3.15. The first-order valence-corrected chi connectivity index (χ1v) is 6.04. The van der Waals surface area contributed by atoms with Crippen molar-refractivity contribution in [2.75, 3.05) is 6.54 Å². The maximum Gasteiger partial charge on any atom is 0.120 e. The third-order valence-electron chi connectivity index (χ3n) is 2.66. The number of hydrogen-bond acceptors (Lipinski definition) is 2. The molecule has 0 radical (unpaired) electrons. The van der Waals surface area contributed by atoms with Crippen LogP contribution in [0.15, 0.2) is 28.7 Å². The fourth-order valence-corrected chi connectivity index (χ4v) is 2.47. The number of hydrogen-bond donors (Lipinski definition) is 1. The first kappa shape index (κ1) is 11.1. The lowest BCUT2D eigenvalue weighted by Crippen LogP contribution is -2.39. The van der Waals surface area contributed by atoms with Gasteiger partial charge in [0.25, 0.3) is 0 Å². The van der Waals surface area contributed by atoms with Crippen LogP contribution in [-0.2, 0) is 11.2 Å². The van der Waals surface area contributed by atoms with Crippen LogP contribution in [0.4, 0.5) is 0 Å². The molecule has 0 spiro atoms. The first-order valence-electron chi connectivity index (χ1n) is 5.25. The molecule has 3 heteroatoms. The molecule has 0 aromatic heterocycles. The van der Waals surface area contributed by atoms with Crippen molar-refractivity contribution < 1.29 is 4.74 Å². The summed E-state index contributed by atoms with van der Waals surface area (Å²) in [5.74, 6) is 0. The van der Waals surface area contributed by atoms with Gasteiger partial charge >= 0.3 is 0 Å². The molecule has 1 aromatic rings. The zero-order chi connectivity index (χ0) is 10.9. The van der Waals surface area contributed by atoms with Crippen molar-refractivity contribution in [3.05, 3.63) is 34.3 Å². The predicted molar refractivity (Wildman–Crippen MR) is 64.8 cm³/mol. The summed E-state index contributed by atoms with van der Waals surface area (Å²) in [5, 5.41) is 3.41. The zero-order valence-corrected chi connectivity index (χ0v) is 10.7. The van der Waals surface area contributed by atoms with E-state index in [-0.39, 0.29) is 5.72 Å². The van der Waals surface area contributed by atoms with Crippen molar-refractivity contribution in [2.24, 2.45) is 0 Å². The summed E-state index contributed by atoms with van der Waals surface area (Å²) in [5.41, 5.74) is 1.08. The molecule has 15 heavy (non-hydrogen) atoms. The Labute approximate surface area is 99.1 Å². The van der Waals surface area contributed by atoms with Gasteiger partial charge in [0, 0.05) is 17.4 Å². The summed E-state index contributed by atoms with van der Waals surface area (Å²) in [6.07, 6.45) is 1.21. The molecule has 2 rings (SSSR count). The molecule has 0 amide bonds. The molecule has 82 valence electrons. The maximum atomic E-state index is 5.87. The molecular formula is C12H16BrNO. The van der Waals surface area contributed by atoms with Gasteiger partial charge in [0.1, 0.15) is 5.72 Å². The van der Waals surface area contributed by atoms with Crippen molar-refractivity contribution in [2.45, 2.75) is 32.1 Å². The lowest BCUT2D eigenvalue weighted by Gasteiger charge is -2.24. The topological polar surface area (TPSA) is 21.3 Å². The second-order valence-electron chi connectivity index (χ2n) is 4.35. The molecule has 2 atom stereocenters. The third kappa shape index (κ3) is 2.80. The molecule has 1 N–H and O–H groups in total. The van der Waals surface area contributed by atoms with Crippen molar-refractivity contribution in [3.63, 3.8) is 0 Å². The van der Waals surface area contributed by atoms with Gasteiger partial charge in [0.15, 0.2) is 0 Å². The summed E-state index contributed by atoms with van der Waals surface area (Å²) in [4.78, 5) is 0. The minimum atomic E-state index is -0.208. The monoisotopic (exact) mass is 269 g/mol. The van der Waals surface area contributed by atoms with Crippen molar-refractivity contribution in [1.29, 1.82) is 0 Å². The Kier molecular flexibility index (Phi) is 3.14. The Morgan fingerprint density at radius 3 is 3.00 bits per heavy atom. The summed E-state index contributed by atoms with van der Waals surface area (Å²) in [6.45, 7) is 5.14. The van der Waals surface area contributed by atoms with E-state index in [9.17, 15) is 0 Å². The molecule has 1 saturated heterocycles. The standard InChI is InChI=1S/C12H16BrNO/c1-9-8-14-12(2,15-9)7-10-4-3-5-11(13)6-10/h3-6,9,14H,7-8H2,1-2H3. The molecule has 1 heterocycles. The van der Waals surface area contributed by atoms with Crippen LogP contribution in [0.5, 0.6) is 0 Å².